The van der Waals surface area contributed by atoms with Crippen LogP contribution in [-0.4, -0.2) is 34.0 Å². The van der Waals surface area contributed by atoms with Crippen molar-refractivity contribution in [1.29, 1.82) is 0 Å². The number of anilines is 1. The van der Waals surface area contributed by atoms with Gasteiger partial charge in [-0.25, -0.2) is 4.98 Å². The first-order chi connectivity index (χ1) is 15.2. The van der Waals surface area contributed by atoms with Crippen LogP contribution in [0.25, 0.3) is 0 Å². The molecule has 1 amide bonds. The number of phenolic OH excluding ortho intramolecular Hbond substituents is 1. The lowest BCUT2D eigenvalue weighted by Crippen LogP contribution is -2.31. The van der Waals surface area contributed by atoms with Gasteiger partial charge in [0.1, 0.15) is 11.5 Å². The van der Waals surface area contributed by atoms with Crippen molar-refractivity contribution in [3.05, 3.63) is 80.0 Å². The number of aliphatic hydroxyl groups excluding tert-OH is 1. The van der Waals surface area contributed by atoms with E-state index in [1.165, 1.54) is 35.5 Å². The van der Waals surface area contributed by atoms with Crippen molar-refractivity contribution in [1.82, 2.24) is 4.98 Å². The molecule has 2 N–H and O–H groups in total. The molecule has 1 aliphatic heterocycles. The van der Waals surface area contributed by atoms with Gasteiger partial charge in [-0.05, 0) is 43.7 Å². The van der Waals surface area contributed by atoms with Gasteiger partial charge in [-0.1, -0.05) is 23.7 Å². The molecule has 3 aromatic rings. The summed E-state index contributed by atoms with van der Waals surface area (Å²) >= 11 is 7.33. The highest BCUT2D eigenvalue weighted by Crippen LogP contribution is 2.44. The fourth-order valence-electron chi connectivity index (χ4n) is 3.74. The van der Waals surface area contributed by atoms with Crippen molar-refractivity contribution in [2.24, 2.45) is 0 Å². The Bertz CT molecular complexity index is 1280. The van der Waals surface area contributed by atoms with Crippen molar-refractivity contribution in [2.45, 2.75) is 19.9 Å². The largest absolute Gasteiger partial charge is 0.506 e. The molecule has 1 atom stereocenters. The molecule has 9 heteroatoms. The monoisotopic (exact) mass is 470 g/mol. The first-order valence-corrected chi connectivity index (χ1v) is 10.8. The van der Waals surface area contributed by atoms with E-state index < -0.39 is 23.5 Å². The Morgan fingerprint density at radius 1 is 1.19 bits per heavy atom. The lowest BCUT2D eigenvalue weighted by molar-refractivity contribution is -0.117. The Balaban J connectivity index is 1.92. The third-order valence-electron chi connectivity index (χ3n) is 5.18. The molecule has 2 aromatic carbocycles. The SMILES string of the molecule is COc1cccc(N2C(=O)C(O)=C(C(=O)c3sc(C)nc3C)C2c2ccc(O)c(Cl)c2)c1. The molecule has 32 heavy (non-hydrogen) atoms. The van der Waals surface area contributed by atoms with Crippen molar-refractivity contribution in [3.8, 4) is 11.5 Å². The number of hydrogen-bond acceptors (Lipinski definition) is 7. The molecule has 7 nitrogen and oxygen atoms in total. The second kappa shape index (κ2) is 8.29. The Hall–Kier alpha value is -3.36. The van der Waals surface area contributed by atoms with E-state index in [1.807, 2.05) is 0 Å². The number of aromatic hydroxyl groups is 1. The minimum Gasteiger partial charge on any atom is -0.506 e. The molecular formula is C23H19ClN2O5S. The number of aliphatic hydroxyl groups is 1. The number of Topliss-reactive ketones (excluding diaryl/α,β-unsaturated/α-hetero) is 1. The Morgan fingerprint density at radius 3 is 2.56 bits per heavy atom. The summed E-state index contributed by atoms with van der Waals surface area (Å²) in [4.78, 5) is 32.7. The number of thiazole rings is 1. The molecule has 0 aliphatic carbocycles. The maximum absolute atomic E-state index is 13.5. The first-order valence-electron chi connectivity index (χ1n) is 9.60. The summed E-state index contributed by atoms with van der Waals surface area (Å²) in [5.74, 6) is -1.49. The van der Waals surface area contributed by atoms with Gasteiger partial charge in [0.2, 0.25) is 5.78 Å². The van der Waals surface area contributed by atoms with Crippen LogP contribution in [0.2, 0.25) is 5.02 Å². The predicted molar refractivity (Wildman–Crippen MR) is 122 cm³/mol. The van der Waals surface area contributed by atoms with E-state index in [2.05, 4.69) is 4.98 Å². The molecule has 0 spiro atoms. The predicted octanol–water partition coefficient (Wildman–Crippen LogP) is 4.91. The zero-order valence-electron chi connectivity index (χ0n) is 17.4. The van der Waals surface area contributed by atoms with E-state index in [1.54, 1.807) is 44.2 Å². The van der Waals surface area contributed by atoms with E-state index in [-0.39, 0.29) is 16.3 Å². The summed E-state index contributed by atoms with van der Waals surface area (Å²) in [5, 5.41) is 21.5. The molecule has 2 heterocycles. The van der Waals surface area contributed by atoms with E-state index in [0.717, 1.165) is 0 Å². The quantitative estimate of drug-likeness (QED) is 0.514. The second-order valence-electron chi connectivity index (χ2n) is 7.23. The minimum absolute atomic E-state index is 0.0588. The van der Waals surface area contributed by atoms with Gasteiger partial charge < -0.3 is 14.9 Å². The number of rotatable bonds is 5. The van der Waals surface area contributed by atoms with Gasteiger partial charge in [-0.3, -0.25) is 14.5 Å². The number of nitrogens with zero attached hydrogens (tertiary/aromatic N) is 2. The highest BCUT2D eigenvalue weighted by Gasteiger charge is 2.45. The number of ketones is 1. The molecule has 4 rings (SSSR count). The van der Waals surface area contributed by atoms with Crippen LogP contribution in [0.15, 0.2) is 53.8 Å². The normalized spacial score (nSPS) is 16.1. The van der Waals surface area contributed by atoms with Crippen molar-refractivity contribution < 1.29 is 24.5 Å². The number of aryl methyl sites for hydroxylation is 2. The number of hydrogen-bond donors (Lipinski definition) is 2. The number of amides is 1. The lowest BCUT2D eigenvalue weighted by Gasteiger charge is -2.27. The topological polar surface area (TPSA) is 100.0 Å². The Kier molecular flexibility index (Phi) is 5.66. The highest BCUT2D eigenvalue weighted by molar-refractivity contribution is 7.14. The number of aromatic nitrogens is 1. The average molecular weight is 471 g/mol. The standard InChI is InChI=1S/C23H19ClN2O5S/c1-11-22(32-12(2)25-11)20(28)18-19(13-7-8-17(27)16(24)9-13)26(23(30)21(18)29)14-5-4-6-15(10-14)31-3/h4-10,19,27,29H,1-3H3. The summed E-state index contributed by atoms with van der Waals surface area (Å²) in [6, 6.07) is 10.2. The van der Waals surface area contributed by atoms with Crippen molar-refractivity contribution >= 4 is 40.3 Å². The molecule has 0 saturated carbocycles. The van der Waals surface area contributed by atoms with Gasteiger partial charge in [0.15, 0.2) is 5.76 Å². The molecule has 0 saturated heterocycles. The van der Waals surface area contributed by atoms with E-state index in [0.29, 0.717) is 32.6 Å². The molecular weight excluding hydrogens is 452 g/mol. The summed E-state index contributed by atoms with van der Waals surface area (Å²) in [6.07, 6.45) is 0. The molecule has 164 valence electrons. The summed E-state index contributed by atoms with van der Waals surface area (Å²) in [7, 11) is 1.50. The summed E-state index contributed by atoms with van der Waals surface area (Å²) in [6.45, 7) is 3.49. The van der Waals surface area contributed by atoms with E-state index in [9.17, 15) is 19.8 Å². The number of carbonyl (C=O) groups is 2. The van der Waals surface area contributed by atoms with Gasteiger partial charge in [-0.15, -0.1) is 11.3 Å². The first kappa shape index (κ1) is 21.9. The van der Waals surface area contributed by atoms with Crippen LogP contribution < -0.4 is 9.64 Å². The molecule has 1 aromatic heterocycles. The van der Waals surface area contributed by atoms with E-state index in [4.69, 9.17) is 16.3 Å². The highest BCUT2D eigenvalue weighted by atomic mass is 35.5. The Labute approximate surface area is 193 Å². The summed E-state index contributed by atoms with van der Waals surface area (Å²) < 4.78 is 5.27. The van der Waals surface area contributed by atoms with Gasteiger partial charge in [-0.2, -0.15) is 0 Å². The molecule has 1 aliphatic rings. The summed E-state index contributed by atoms with van der Waals surface area (Å²) in [5.41, 5.74) is 1.32. The zero-order valence-corrected chi connectivity index (χ0v) is 19.0. The molecule has 0 radical (unpaired) electrons. The van der Waals surface area contributed by atoms with Gasteiger partial charge in [0.25, 0.3) is 5.91 Å². The van der Waals surface area contributed by atoms with Crippen LogP contribution in [0.5, 0.6) is 11.5 Å². The van der Waals surface area contributed by atoms with Crippen LogP contribution in [-0.2, 0) is 4.79 Å². The smallest absolute Gasteiger partial charge is 0.294 e. The third kappa shape index (κ3) is 3.61. The van der Waals surface area contributed by atoms with Crippen LogP contribution in [0, 0.1) is 13.8 Å². The van der Waals surface area contributed by atoms with Crippen molar-refractivity contribution in [2.75, 3.05) is 12.0 Å². The molecule has 1 unspecified atom stereocenters. The zero-order chi connectivity index (χ0) is 23.2. The second-order valence-corrected chi connectivity index (χ2v) is 8.84. The number of carbonyl (C=O) groups excluding carboxylic acids is 2. The fourth-order valence-corrected chi connectivity index (χ4v) is 4.80. The van der Waals surface area contributed by atoms with Gasteiger partial charge in [0.05, 0.1) is 39.3 Å². The Morgan fingerprint density at radius 2 is 1.94 bits per heavy atom. The number of halogens is 1. The van der Waals surface area contributed by atoms with Gasteiger partial charge >= 0.3 is 0 Å². The van der Waals surface area contributed by atoms with Crippen LogP contribution in [0.3, 0.4) is 0 Å². The number of methoxy groups -OCH3 is 1. The number of ether oxygens (including phenoxy) is 1. The fraction of sp³-hybridized carbons (Fsp3) is 0.174. The maximum atomic E-state index is 13.5. The lowest BCUT2D eigenvalue weighted by atomic mass is 9.94. The van der Waals surface area contributed by atoms with E-state index >= 15 is 0 Å². The number of phenols is 1. The van der Waals surface area contributed by atoms with Crippen molar-refractivity contribution in [3.63, 3.8) is 0 Å². The number of benzene rings is 2. The molecule has 0 bridgehead atoms. The third-order valence-corrected chi connectivity index (χ3v) is 6.56. The maximum Gasteiger partial charge on any atom is 0.294 e. The van der Waals surface area contributed by atoms with Gasteiger partial charge in [0, 0.05) is 11.8 Å². The molecule has 0 fully saturated rings. The van der Waals surface area contributed by atoms with Crippen LogP contribution in [0.4, 0.5) is 5.69 Å². The minimum atomic E-state index is -0.970. The van der Waals surface area contributed by atoms with Crippen LogP contribution >= 0.6 is 22.9 Å². The average Bonchev–Trinajstić information content (AvgIpc) is 3.25. The van der Waals surface area contributed by atoms with Crippen LogP contribution in [0.1, 0.15) is 32.0 Å².